The Kier molecular flexibility index (Phi) is 5.54. The van der Waals surface area contributed by atoms with Crippen LogP contribution >= 0.6 is 0 Å². The van der Waals surface area contributed by atoms with Crippen LogP contribution in [0.15, 0.2) is 24.3 Å². The van der Waals surface area contributed by atoms with Crippen LogP contribution in [0, 0.1) is 20.8 Å². The third kappa shape index (κ3) is 4.52. The van der Waals surface area contributed by atoms with Crippen molar-refractivity contribution < 1.29 is 9.53 Å². The smallest absolute Gasteiger partial charge is 0.254 e. The molecule has 0 saturated heterocycles. The van der Waals surface area contributed by atoms with E-state index >= 15 is 0 Å². The molecule has 1 amide bonds. The van der Waals surface area contributed by atoms with E-state index in [0.29, 0.717) is 18.9 Å². The Morgan fingerprint density at radius 1 is 1.26 bits per heavy atom. The number of nitrogens with zero attached hydrogens (tertiary/aromatic N) is 4. The molecule has 3 rings (SSSR count). The predicted molar refractivity (Wildman–Crippen MR) is 103 cm³/mol. The fourth-order valence-corrected chi connectivity index (χ4v) is 2.90. The second-order valence-electron chi connectivity index (χ2n) is 6.49. The quantitative estimate of drug-likeness (QED) is 0.615. The molecular formula is C19H24N6O2. The fraction of sp³-hybridized carbons (Fsp3) is 0.368. The van der Waals surface area contributed by atoms with Gasteiger partial charge in [0.25, 0.3) is 5.78 Å². The number of anilines is 1. The lowest BCUT2D eigenvalue weighted by molar-refractivity contribution is -0.120. The number of nitrogen functional groups attached to an aromatic ring is 1. The lowest BCUT2D eigenvalue weighted by Gasteiger charge is -2.11. The van der Waals surface area contributed by atoms with Gasteiger partial charge in [0, 0.05) is 23.5 Å². The van der Waals surface area contributed by atoms with Crippen molar-refractivity contribution >= 4 is 17.6 Å². The maximum atomic E-state index is 12.3. The van der Waals surface area contributed by atoms with Crippen molar-refractivity contribution in [2.24, 2.45) is 0 Å². The molecule has 142 valence electrons. The van der Waals surface area contributed by atoms with Gasteiger partial charge in [0.2, 0.25) is 11.9 Å². The Balaban J connectivity index is 1.50. The molecule has 2 aromatic heterocycles. The largest absolute Gasteiger partial charge is 0.494 e. The standard InChI is InChI=1S/C19H24N6O2/c1-12-6-4-7-15(10-12)27-9-5-8-21-17(26)11-16-13(2)22-19-23-18(20)24-25(19)14(16)3/h4,6-7,10H,5,8-9,11H2,1-3H3,(H2,20,24)(H,21,26). The van der Waals surface area contributed by atoms with Gasteiger partial charge in [-0.15, -0.1) is 5.10 Å². The maximum absolute atomic E-state index is 12.3. The van der Waals surface area contributed by atoms with E-state index in [1.807, 2.05) is 45.0 Å². The summed E-state index contributed by atoms with van der Waals surface area (Å²) in [6, 6.07) is 7.91. The van der Waals surface area contributed by atoms with Crippen LogP contribution in [0.3, 0.4) is 0 Å². The number of amides is 1. The van der Waals surface area contributed by atoms with Gasteiger partial charge in [0.1, 0.15) is 5.75 Å². The second kappa shape index (κ2) is 8.03. The Bertz CT molecular complexity index is 966. The Morgan fingerprint density at radius 2 is 2.07 bits per heavy atom. The number of hydrogen-bond acceptors (Lipinski definition) is 6. The van der Waals surface area contributed by atoms with Crippen molar-refractivity contribution in [1.82, 2.24) is 24.9 Å². The van der Waals surface area contributed by atoms with Crippen LogP contribution in [0.1, 0.15) is 28.9 Å². The number of carbonyl (C=O) groups is 1. The van der Waals surface area contributed by atoms with E-state index in [0.717, 1.165) is 34.7 Å². The van der Waals surface area contributed by atoms with Crippen LogP contribution in [-0.4, -0.2) is 38.6 Å². The van der Waals surface area contributed by atoms with Gasteiger partial charge in [-0.1, -0.05) is 12.1 Å². The number of rotatable bonds is 7. The molecule has 0 atom stereocenters. The molecule has 0 fully saturated rings. The first-order valence-electron chi connectivity index (χ1n) is 8.88. The minimum absolute atomic E-state index is 0.0639. The molecular weight excluding hydrogens is 344 g/mol. The normalized spacial score (nSPS) is 10.9. The van der Waals surface area contributed by atoms with Gasteiger partial charge in [-0.2, -0.15) is 9.50 Å². The van der Waals surface area contributed by atoms with Crippen molar-refractivity contribution in [3.8, 4) is 5.75 Å². The van der Waals surface area contributed by atoms with Crippen LogP contribution in [0.5, 0.6) is 5.75 Å². The molecule has 0 radical (unpaired) electrons. The van der Waals surface area contributed by atoms with E-state index in [4.69, 9.17) is 10.5 Å². The highest BCUT2D eigenvalue weighted by Crippen LogP contribution is 2.15. The summed E-state index contributed by atoms with van der Waals surface area (Å²) in [6.45, 7) is 6.86. The molecule has 0 bridgehead atoms. The Labute approximate surface area is 157 Å². The monoisotopic (exact) mass is 368 g/mol. The molecule has 0 aliphatic heterocycles. The van der Waals surface area contributed by atoms with E-state index in [2.05, 4.69) is 20.4 Å². The van der Waals surface area contributed by atoms with Gasteiger partial charge in [0.15, 0.2) is 0 Å². The van der Waals surface area contributed by atoms with Gasteiger partial charge in [-0.25, -0.2) is 4.98 Å². The highest BCUT2D eigenvalue weighted by atomic mass is 16.5. The third-order valence-corrected chi connectivity index (χ3v) is 4.30. The molecule has 1 aromatic carbocycles. The predicted octanol–water partition coefficient (Wildman–Crippen LogP) is 1.76. The first-order chi connectivity index (χ1) is 12.9. The number of fused-ring (bicyclic) bond motifs is 1. The first-order valence-corrected chi connectivity index (χ1v) is 8.88. The van der Waals surface area contributed by atoms with Crippen molar-refractivity contribution in [2.75, 3.05) is 18.9 Å². The molecule has 8 nitrogen and oxygen atoms in total. The highest BCUT2D eigenvalue weighted by Gasteiger charge is 2.15. The minimum atomic E-state index is -0.0639. The lowest BCUT2D eigenvalue weighted by atomic mass is 10.1. The van der Waals surface area contributed by atoms with Gasteiger partial charge in [0.05, 0.1) is 13.0 Å². The number of hydrogen-bond donors (Lipinski definition) is 2. The molecule has 2 heterocycles. The highest BCUT2D eigenvalue weighted by molar-refractivity contribution is 5.79. The Morgan fingerprint density at radius 3 is 2.85 bits per heavy atom. The molecule has 0 spiro atoms. The van der Waals surface area contributed by atoms with Crippen LogP contribution in [-0.2, 0) is 11.2 Å². The molecule has 27 heavy (non-hydrogen) atoms. The van der Waals surface area contributed by atoms with Crippen LogP contribution < -0.4 is 15.8 Å². The first kappa shape index (κ1) is 18.6. The summed E-state index contributed by atoms with van der Waals surface area (Å²) < 4.78 is 7.25. The lowest BCUT2D eigenvalue weighted by Crippen LogP contribution is -2.28. The summed E-state index contributed by atoms with van der Waals surface area (Å²) in [5.41, 5.74) is 9.20. The van der Waals surface area contributed by atoms with Crippen LogP contribution in [0.25, 0.3) is 5.78 Å². The summed E-state index contributed by atoms with van der Waals surface area (Å²) in [4.78, 5) is 20.7. The molecule has 0 aliphatic rings. The number of nitrogens with one attached hydrogen (secondary N) is 1. The van der Waals surface area contributed by atoms with E-state index in [9.17, 15) is 4.79 Å². The van der Waals surface area contributed by atoms with Crippen molar-refractivity contribution in [2.45, 2.75) is 33.6 Å². The van der Waals surface area contributed by atoms with Crippen molar-refractivity contribution in [1.29, 1.82) is 0 Å². The summed E-state index contributed by atoms with van der Waals surface area (Å²) in [5, 5.41) is 7.04. The summed E-state index contributed by atoms with van der Waals surface area (Å²) in [6.07, 6.45) is 0.966. The third-order valence-electron chi connectivity index (χ3n) is 4.30. The number of aryl methyl sites for hydroxylation is 3. The molecule has 0 saturated carbocycles. The zero-order chi connectivity index (χ0) is 19.4. The van der Waals surface area contributed by atoms with Crippen molar-refractivity contribution in [3.05, 3.63) is 46.8 Å². The summed E-state index contributed by atoms with van der Waals surface area (Å²) in [7, 11) is 0. The minimum Gasteiger partial charge on any atom is -0.494 e. The van der Waals surface area contributed by atoms with E-state index in [-0.39, 0.29) is 18.3 Å². The average Bonchev–Trinajstić information content (AvgIpc) is 2.99. The van der Waals surface area contributed by atoms with E-state index in [1.54, 1.807) is 4.52 Å². The van der Waals surface area contributed by atoms with Gasteiger partial charge in [-0.3, -0.25) is 4.79 Å². The van der Waals surface area contributed by atoms with Gasteiger partial charge < -0.3 is 15.8 Å². The number of nitrogens with two attached hydrogens (primary N) is 1. The van der Waals surface area contributed by atoms with Crippen LogP contribution in [0.2, 0.25) is 0 Å². The SMILES string of the molecule is Cc1cccc(OCCCNC(=O)Cc2c(C)nc3nc(N)nn3c2C)c1. The number of aromatic nitrogens is 4. The Hall–Kier alpha value is -3.16. The van der Waals surface area contributed by atoms with Gasteiger partial charge >= 0.3 is 0 Å². The second-order valence-corrected chi connectivity index (χ2v) is 6.49. The molecule has 0 aliphatic carbocycles. The molecule has 0 unspecified atom stereocenters. The number of benzene rings is 1. The van der Waals surface area contributed by atoms with Crippen LogP contribution in [0.4, 0.5) is 5.95 Å². The zero-order valence-electron chi connectivity index (χ0n) is 15.8. The van der Waals surface area contributed by atoms with Gasteiger partial charge in [-0.05, 0) is 44.9 Å². The summed E-state index contributed by atoms with van der Waals surface area (Å²) >= 11 is 0. The topological polar surface area (TPSA) is 107 Å². The molecule has 3 N–H and O–H groups in total. The number of carbonyl (C=O) groups excluding carboxylic acids is 1. The average molecular weight is 368 g/mol. The maximum Gasteiger partial charge on any atom is 0.254 e. The summed E-state index contributed by atoms with van der Waals surface area (Å²) in [5.74, 6) is 1.39. The number of ether oxygens (including phenoxy) is 1. The van der Waals surface area contributed by atoms with E-state index < -0.39 is 0 Å². The van der Waals surface area contributed by atoms with Crippen molar-refractivity contribution in [3.63, 3.8) is 0 Å². The van der Waals surface area contributed by atoms with E-state index in [1.165, 1.54) is 0 Å². The molecule has 3 aromatic rings. The fourth-order valence-electron chi connectivity index (χ4n) is 2.90. The molecule has 8 heteroatoms. The zero-order valence-corrected chi connectivity index (χ0v) is 15.8.